The third kappa shape index (κ3) is 4.94. The highest BCUT2D eigenvalue weighted by Gasteiger charge is 2.26. The lowest BCUT2D eigenvalue weighted by Gasteiger charge is -2.37. The minimum Gasteiger partial charge on any atom is -0.395 e. The van der Waals surface area contributed by atoms with Gasteiger partial charge >= 0.3 is 0 Å². The van der Waals surface area contributed by atoms with E-state index in [1.807, 2.05) is 0 Å². The predicted molar refractivity (Wildman–Crippen MR) is 71.0 cm³/mol. The molecule has 1 rings (SSSR count). The topological polar surface area (TPSA) is 43.7 Å². The SMILES string of the molecule is CCCC(CC)CCN1CCC(O)CC1CO. The summed E-state index contributed by atoms with van der Waals surface area (Å²) in [6.45, 7) is 6.72. The number of hydrogen-bond acceptors (Lipinski definition) is 3. The first-order chi connectivity index (χ1) is 8.21. The molecule has 0 aromatic rings. The van der Waals surface area contributed by atoms with Crippen molar-refractivity contribution in [1.82, 2.24) is 4.90 Å². The van der Waals surface area contributed by atoms with Gasteiger partial charge in [0.2, 0.25) is 0 Å². The molecule has 1 fully saturated rings. The van der Waals surface area contributed by atoms with E-state index < -0.39 is 0 Å². The maximum absolute atomic E-state index is 9.60. The molecule has 3 heteroatoms. The van der Waals surface area contributed by atoms with Crippen molar-refractivity contribution in [2.24, 2.45) is 5.92 Å². The molecule has 1 saturated heterocycles. The van der Waals surface area contributed by atoms with Crippen LogP contribution in [0.4, 0.5) is 0 Å². The van der Waals surface area contributed by atoms with E-state index in [0.717, 1.165) is 31.8 Å². The van der Waals surface area contributed by atoms with Crippen LogP contribution in [0.1, 0.15) is 52.4 Å². The van der Waals surface area contributed by atoms with Crippen LogP contribution in [0.2, 0.25) is 0 Å². The Morgan fingerprint density at radius 2 is 2.06 bits per heavy atom. The van der Waals surface area contributed by atoms with Crippen molar-refractivity contribution in [3.8, 4) is 0 Å². The van der Waals surface area contributed by atoms with Crippen LogP contribution in [0.25, 0.3) is 0 Å². The molecular formula is C14H29NO2. The van der Waals surface area contributed by atoms with E-state index in [2.05, 4.69) is 18.7 Å². The van der Waals surface area contributed by atoms with Gasteiger partial charge in [0.25, 0.3) is 0 Å². The van der Waals surface area contributed by atoms with Crippen molar-refractivity contribution in [1.29, 1.82) is 0 Å². The molecule has 3 unspecified atom stereocenters. The quantitative estimate of drug-likeness (QED) is 0.719. The van der Waals surface area contributed by atoms with Gasteiger partial charge in [-0.15, -0.1) is 0 Å². The van der Waals surface area contributed by atoms with Gasteiger partial charge in [-0.05, 0) is 31.7 Å². The second-order valence-electron chi connectivity index (χ2n) is 5.40. The highest BCUT2D eigenvalue weighted by Crippen LogP contribution is 2.21. The molecular weight excluding hydrogens is 214 g/mol. The first-order valence-electron chi connectivity index (χ1n) is 7.24. The third-order valence-corrected chi connectivity index (χ3v) is 4.12. The third-order valence-electron chi connectivity index (χ3n) is 4.12. The summed E-state index contributed by atoms with van der Waals surface area (Å²) in [6, 6.07) is 0.179. The fourth-order valence-electron chi connectivity index (χ4n) is 2.87. The number of nitrogens with zero attached hydrogens (tertiary/aromatic N) is 1. The van der Waals surface area contributed by atoms with Crippen LogP contribution < -0.4 is 0 Å². The van der Waals surface area contributed by atoms with Crippen LogP contribution in [-0.2, 0) is 0 Å². The molecule has 3 atom stereocenters. The van der Waals surface area contributed by atoms with Gasteiger partial charge in [-0.25, -0.2) is 0 Å². The van der Waals surface area contributed by atoms with Gasteiger partial charge in [0.1, 0.15) is 0 Å². The zero-order valence-corrected chi connectivity index (χ0v) is 11.4. The first-order valence-corrected chi connectivity index (χ1v) is 7.24. The van der Waals surface area contributed by atoms with Crippen LogP contribution in [-0.4, -0.2) is 47.0 Å². The zero-order chi connectivity index (χ0) is 12.7. The maximum atomic E-state index is 9.60. The van der Waals surface area contributed by atoms with Crippen LogP contribution in [0.3, 0.4) is 0 Å². The monoisotopic (exact) mass is 243 g/mol. The van der Waals surface area contributed by atoms with Crippen LogP contribution in [0.15, 0.2) is 0 Å². The smallest absolute Gasteiger partial charge is 0.0587 e. The number of hydrogen-bond donors (Lipinski definition) is 2. The average Bonchev–Trinajstić information content (AvgIpc) is 2.35. The number of likely N-dealkylation sites (tertiary alicyclic amines) is 1. The Kier molecular flexibility index (Phi) is 7.09. The molecule has 0 saturated carbocycles. The van der Waals surface area contributed by atoms with Crippen molar-refractivity contribution < 1.29 is 10.2 Å². The second-order valence-corrected chi connectivity index (χ2v) is 5.40. The molecule has 102 valence electrons. The van der Waals surface area contributed by atoms with E-state index >= 15 is 0 Å². The summed E-state index contributed by atoms with van der Waals surface area (Å²) in [6.07, 6.45) is 6.46. The number of aliphatic hydroxyl groups excluding tert-OH is 2. The summed E-state index contributed by atoms with van der Waals surface area (Å²) in [5, 5.41) is 19.0. The van der Waals surface area contributed by atoms with E-state index in [9.17, 15) is 10.2 Å². The zero-order valence-electron chi connectivity index (χ0n) is 11.4. The summed E-state index contributed by atoms with van der Waals surface area (Å²) in [7, 11) is 0. The molecule has 0 aromatic carbocycles. The highest BCUT2D eigenvalue weighted by atomic mass is 16.3. The summed E-state index contributed by atoms with van der Waals surface area (Å²) in [5.41, 5.74) is 0. The average molecular weight is 243 g/mol. The molecule has 0 spiro atoms. The van der Waals surface area contributed by atoms with Crippen molar-refractivity contribution >= 4 is 0 Å². The Morgan fingerprint density at radius 3 is 2.65 bits per heavy atom. The van der Waals surface area contributed by atoms with Crippen LogP contribution >= 0.6 is 0 Å². The van der Waals surface area contributed by atoms with E-state index in [0.29, 0.717) is 0 Å². The van der Waals surface area contributed by atoms with Crippen LogP contribution in [0, 0.1) is 5.92 Å². The lowest BCUT2D eigenvalue weighted by Crippen LogP contribution is -2.46. The molecule has 1 heterocycles. The molecule has 0 aliphatic carbocycles. The molecule has 1 aliphatic rings. The summed E-state index contributed by atoms with van der Waals surface area (Å²) >= 11 is 0. The summed E-state index contributed by atoms with van der Waals surface area (Å²) < 4.78 is 0. The van der Waals surface area contributed by atoms with E-state index in [4.69, 9.17) is 0 Å². The number of aliphatic hydroxyl groups is 2. The Bertz CT molecular complexity index is 199. The van der Waals surface area contributed by atoms with E-state index in [-0.39, 0.29) is 18.8 Å². The van der Waals surface area contributed by atoms with Gasteiger partial charge in [-0.2, -0.15) is 0 Å². The minimum absolute atomic E-state index is 0.179. The lowest BCUT2D eigenvalue weighted by molar-refractivity contribution is 0.0143. The van der Waals surface area contributed by atoms with Crippen molar-refractivity contribution in [3.05, 3.63) is 0 Å². The highest BCUT2D eigenvalue weighted by molar-refractivity contribution is 4.81. The Morgan fingerprint density at radius 1 is 1.29 bits per heavy atom. The molecule has 3 nitrogen and oxygen atoms in total. The molecule has 0 radical (unpaired) electrons. The Balaban J connectivity index is 2.33. The first kappa shape index (κ1) is 14.9. The molecule has 0 bridgehead atoms. The minimum atomic E-state index is -0.207. The van der Waals surface area contributed by atoms with Gasteiger partial charge in [0, 0.05) is 12.6 Å². The molecule has 0 amide bonds. The van der Waals surface area contributed by atoms with E-state index in [1.165, 1.54) is 25.7 Å². The molecule has 17 heavy (non-hydrogen) atoms. The fraction of sp³-hybridized carbons (Fsp3) is 1.00. The number of rotatable bonds is 7. The van der Waals surface area contributed by atoms with Crippen molar-refractivity contribution in [3.63, 3.8) is 0 Å². The molecule has 2 N–H and O–H groups in total. The van der Waals surface area contributed by atoms with Gasteiger partial charge in [-0.3, -0.25) is 4.90 Å². The van der Waals surface area contributed by atoms with Gasteiger partial charge < -0.3 is 10.2 Å². The van der Waals surface area contributed by atoms with Gasteiger partial charge in [0.15, 0.2) is 0 Å². The van der Waals surface area contributed by atoms with Gasteiger partial charge in [-0.1, -0.05) is 33.1 Å². The Labute approximate surface area is 106 Å². The summed E-state index contributed by atoms with van der Waals surface area (Å²) in [5.74, 6) is 0.825. The number of piperidine rings is 1. The van der Waals surface area contributed by atoms with Crippen molar-refractivity contribution in [2.75, 3.05) is 19.7 Å². The van der Waals surface area contributed by atoms with Crippen LogP contribution in [0.5, 0.6) is 0 Å². The largest absolute Gasteiger partial charge is 0.395 e. The molecule has 1 aliphatic heterocycles. The summed E-state index contributed by atoms with van der Waals surface area (Å²) in [4.78, 5) is 2.37. The Hall–Kier alpha value is -0.120. The second kappa shape index (κ2) is 8.06. The standard InChI is InChI=1S/C14H29NO2/c1-3-5-12(4-2)6-8-15-9-7-14(17)10-13(15)11-16/h12-14,16-17H,3-11H2,1-2H3. The molecule has 0 aromatic heterocycles. The fourth-order valence-corrected chi connectivity index (χ4v) is 2.87. The normalized spacial score (nSPS) is 28.2. The predicted octanol–water partition coefficient (Wildman–Crippen LogP) is 2.02. The maximum Gasteiger partial charge on any atom is 0.0587 e. The van der Waals surface area contributed by atoms with E-state index in [1.54, 1.807) is 0 Å². The lowest BCUT2D eigenvalue weighted by atomic mass is 9.94. The van der Waals surface area contributed by atoms with Gasteiger partial charge in [0.05, 0.1) is 12.7 Å². The van der Waals surface area contributed by atoms with Crippen molar-refractivity contribution in [2.45, 2.75) is 64.5 Å².